The van der Waals surface area contributed by atoms with Crippen LogP contribution in [0.25, 0.3) is 10.6 Å². The first-order chi connectivity index (χ1) is 6.40. The highest BCUT2D eigenvalue weighted by Gasteiger charge is 2.03. The average Bonchev–Trinajstić information content (AvgIpc) is 2.70. The van der Waals surface area contributed by atoms with E-state index in [1.54, 1.807) is 11.3 Å². The Hall–Kier alpha value is -1.13. The first-order valence-electron chi connectivity index (χ1n) is 4.12. The number of hydrogen-bond acceptors (Lipinski definition) is 3. The van der Waals surface area contributed by atoms with Crippen molar-refractivity contribution in [2.75, 3.05) is 7.05 Å². The van der Waals surface area contributed by atoms with Gasteiger partial charge in [-0.1, -0.05) is 0 Å². The third-order valence-electron chi connectivity index (χ3n) is 1.75. The number of aromatic amines is 1. The fourth-order valence-electron chi connectivity index (χ4n) is 1.16. The van der Waals surface area contributed by atoms with Crippen LogP contribution in [0.4, 0.5) is 0 Å². The summed E-state index contributed by atoms with van der Waals surface area (Å²) in [6, 6.07) is 2.03. The van der Waals surface area contributed by atoms with E-state index in [-0.39, 0.29) is 0 Å². The molecule has 0 unspecified atom stereocenters. The molecule has 0 spiro atoms. The predicted molar refractivity (Wildman–Crippen MR) is 54.7 cm³/mol. The second-order valence-electron chi connectivity index (χ2n) is 2.77. The van der Waals surface area contributed by atoms with Crippen molar-refractivity contribution in [1.29, 1.82) is 0 Å². The summed E-state index contributed by atoms with van der Waals surface area (Å²) in [7, 11) is 1.93. The number of H-pyrrole nitrogens is 1. The monoisotopic (exact) mass is 193 g/mol. The normalized spacial score (nSPS) is 10.5. The van der Waals surface area contributed by atoms with Crippen LogP contribution in [-0.2, 0) is 6.54 Å². The highest BCUT2D eigenvalue weighted by atomic mass is 32.1. The van der Waals surface area contributed by atoms with Gasteiger partial charge in [0.05, 0.1) is 5.69 Å². The fourth-order valence-corrected chi connectivity index (χ4v) is 1.98. The van der Waals surface area contributed by atoms with Crippen LogP contribution >= 0.6 is 11.3 Å². The molecular formula is C9H11N3S. The molecule has 0 amide bonds. The van der Waals surface area contributed by atoms with Crippen molar-refractivity contribution in [2.45, 2.75) is 6.54 Å². The number of rotatable bonds is 3. The van der Waals surface area contributed by atoms with Crippen molar-refractivity contribution in [3.63, 3.8) is 0 Å². The van der Waals surface area contributed by atoms with E-state index < -0.39 is 0 Å². The van der Waals surface area contributed by atoms with Crippen molar-refractivity contribution >= 4 is 11.3 Å². The van der Waals surface area contributed by atoms with Crippen molar-refractivity contribution in [1.82, 2.24) is 15.3 Å². The maximum Gasteiger partial charge on any atom is 0.125 e. The van der Waals surface area contributed by atoms with Gasteiger partial charge in [0.2, 0.25) is 0 Å². The zero-order valence-corrected chi connectivity index (χ0v) is 8.19. The van der Waals surface area contributed by atoms with Crippen LogP contribution in [0.15, 0.2) is 23.8 Å². The van der Waals surface area contributed by atoms with Crippen molar-refractivity contribution in [3.05, 3.63) is 29.5 Å². The van der Waals surface area contributed by atoms with Crippen LogP contribution in [0.3, 0.4) is 0 Å². The number of nitrogens with one attached hydrogen (secondary N) is 2. The highest BCUT2D eigenvalue weighted by molar-refractivity contribution is 7.13. The van der Waals surface area contributed by atoms with Crippen LogP contribution in [0.5, 0.6) is 0 Å². The molecular weight excluding hydrogens is 182 g/mol. The Morgan fingerprint density at radius 1 is 1.62 bits per heavy atom. The van der Waals surface area contributed by atoms with E-state index in [1.807, 2.05) is 25.5 Å². The number of hydrogen-bond donors (Lipinski definition) is 2. The quantitative estimate of drug-likeness (QED) is 0.781. The lowest BCUT2D eigenvalue weighted by Gasteiger charge is -1.91. The Morgan fingerprint density at radius 2 is 2.54 bits per heavy atom. The van der Waals surface area contributed by atoms with Gasteiger partial charge in [0, 0.05) is 29.9 Å². The molecule has 0 bridgehead atoms. The summed E-state index contributed by atoms with van der Waals surface area (Å²) in [5.74, 6) is 0. The highest BCUT2D eigenvalue weighted by Crippen LogP contribution is 2.22. The molecule has 0 aliphatic rings. The van der Waals surface area contributed by atoms with Gasteiger partial charge in [0.25, 0.3) is 0 Å². The van der Waals surface area contributed by atoms with Gasteiger partial charge >= 0.3 is 0 Å². The number of thiazole rings is 1. The van der Waals surface area contributed by atoms with Gasteiger partial charge in [-0.25, -0.2) is 4.98 Å². The molecule has 2 aromatic heterocycles. The van der Waals surface area contributed by atoms with Gasteiger partial charge in [-0.05, 0) is 13.1 Å². The largest absolute Gasteiger partial charge is 0.367 e. The molecule has 13 heavy (non-hydrogen) atoms. The van der Waals surface area contributed by atoms with Gasteiger partial charge in [0.15, 0.2) is 0 Å². The molecule has 2 N–H and O–H groups in total. The summed E-state index contributed by atoms with van der Waals surface area (Å²) in [5, 5.41) is 6.24. The van der Waals surface area contributed by atoms with Crippen LogP contribution in [0.2, 0.25) is 0 Å². The average molecular weight is 193 g/mol. The molecule has 0 aliphatic carbocycles. The number of aromatic nitrogens is 2. The van der Waals surface area contributed by atoms with Crippen LogP contribution < -0.4 is 5.32 Å². The molecule has 2 aromatic rings. The minimum Gasteiger partial charge on any atom is -0.367 e. The second kappa shape index (κ2) is 3.72. The van der Waals surface area contributed by atoms with Crippen LogP contribution in [0.1, 0.15) is 5.69 Å². The molecule has 0 saturated heterocycles. The maximum atomic E-state index is 4.48. The standard InChI is InChI=1S/C9H11N3S/c1-10-5-8-6-13-9(12-8)7-2-3-11-4-7/h2-4,6,10-11H,5H2,1H3. The second-order valence-corrected chi connectivity index (χ2v) is 3.63. The zero-order valence-electron chi connectivity index (χ0n) is 7.37. The van der Waals surface area contributed by atoms with E-state index in [1.165, 1.54) is 0 Å². The van der Waals surface area contributed by atoms with Gasteiger partial charge in [-0.2, -0.15) is 0 Å². The molecule has 0 saturated carbocycles. The van der Waals surface area contributed by atoms with Gasteiger partial charge in [-0.3, -0.25) is 0 Å². The van der Waals surface area contributed by atoms with Crippen molar-refractivity contribution in [2.24, 2.45) is 0 Å². The summed E-state index contributed by atoms with van der Waals surface area (Å²) in [4.78, 5) is 7.50. The zero-order chi connectivity index (χ0) is 9.10. The summed E-state index contributed by atoms with van der Waals surface area (Å²) in [5.41, 5.74) is 2.26. The smallest absolute Gasteiger partial charge is 0.125 e. The molecule has 0 radical (unpaired) electrons. The summed E-state index contributed by atoms with van der Waals surface area (Å²) in [6.45, 7) is 0.834. The van der Waals surface area contributed by atoms with E-state index >= 15 is 0 Å². The Morgan fingerprint density at radius 3 is 3.23 bits per heavy atom. The van der Waals surface area contributed by atoms with Crippen molar-refractivity contribution < 1.29 is 0 Å². The fraction of sp³-hybridized carbons (Fsp3) is 0.222. The van der Waals surface area contributed by atoms with E-state index in [0.717, 1.165) is 22.8 Å². The summed E-state index contributed by atoms with van der Waals surface area (Å²) < 4.78 is 0. The molecule has 0 fully saturated rings. The van der Waals surface area contributed by atoms with Crippen LogP contribution in [-0.4, -0.2) is 17.0 Å². The van der Waals surface area contributed by atoms with Crippen LogP contribution in [0, 0.1) is 0 Å². The summed E-state index contributed by atoms with van der Waals surface area (Å²) in [6.07, 6.45) is 3.87. The molecule has 68 valence electrons. The minimum absolute atomic E-state index is 0.834. The Bertz CT molecular complexity index is 364. The first-order valence-corrected chi connectivity index (χ1v) is 5.00. The Balaban J connectivity index is 2.23. The Labute approximate surface area is 80.8 Å². The van der Waals surface area contributed by atoms with E-state index in [2.05, 4.69) is 20.7 Å². The maximum absolute atomic E-state index is 4.48. The Kier molecular flexibility index (Phi) is 2.42. The molecule has 0 aromatic carbocycles. The third kappa shape index (κ3) is 1.79. The first kappa shape index (κ1) is 8.47. The predicted octanol–water partition coefficient (Wildman–Crippen LogP) is 1.86. The van der Waals surface area contributed by atoms with Gasteiger partial charge < -0.3 is 10.3 Å². The van der Waals surface area contributed by atoms with Gasteiger partial charge in [-0.15, -0.1) is 11.3 Å². The molecule has 3 nitrogen and oxygen atoms in total. The minimum atomic E-state index is 0.834. The summed E-state index contributed by atoms with van der Waals surface area (Å²) >= 11 is 1.68. The molecule has 2 rings (SSSR count). The SMILES string of the molecule is CNCc1csc(-c2cc[nH]c2)n1. The van der Waals surface area contributed by atoms with E-state index in [0.29, 0.717) is 0 Å². The molecule has 2 heterocycles. The molecule has 4 heteroatoms. The van der Waals surface area contributed by atoms with Crippen molar-refractivity contribution in [3.8, 4) is 10.6 Å². The lowest BCUT2D eigenvalue weighted by molar-refractivity contribution is 0.798. The molecule has 0 atom stereocenters. The van der Waals surface area contributed by atoms with E-state index in [9.17, 15) is 0 Å². The van der Waals surface area contributed by atoms with Gasteiger partial charge in [0.1, 0.15) is 5.01 Å². The topological polar surface area (TPSA) is 40.7 Å². The van der Waals surface area contributed by atoms with E-state index in [4.69, 9.17) is 0 Å². The lowest BCUT2D eigenvalue weighted by atomic mass is 10.3. The third-order valence-corrected chi connectivity index (χ3v) is 2.69. The lowest BCUT2D eigenvalue weighted by Crippen LogP contribution is -2.04. The number of nitrogens with zero attached hydrogens (tertiary/aromatic N) is 1. The molecule has 0 aliphatic heterocycles.